The van der Waals surface area contributed by atoms with E-state index in [1.165, 1.54) is 4.68 Å². The molecule has 0 unspecified atom stereocenters. The van der Waals surface area contributed by atoms with Crippen LogP contribution < -0.4 is 0 Å². The van der Waals surface area contributed by atoms with E-state index < -0.39 is 6.43 Å². The number of carbonyl (C=O) groups is 1. The lowest BCUT2D eigenvalue weighted by Gasteiger charge is -2.13. The number of benzene rings is 1. The van der Waals surface area contributed by atoms with Crippen molar-refractivity contribution in [3.05, 3.63) is 50.8 Å². The van der Waals surface area contributed by atoms with Crippen molar-refractivity contribution in [3.8, 4) is 0 Å². The predicted molar refractivity (Wildman–Crippen MR) is 80.0 cm³/mol. The largest absolute Gasteiger partial charge is 0.292 e. The Morgan fingerprint density at radius 1 is 1.27 bits per heavy atom. The molecule has 2 aromatic rings. The van der Waals surface area contributed by atoms with E-state index in [0.29, 0.717) is 40.4 Å². The molecule has 0 aliphatic heterocycles. The first-order valence-electron chi connectivity index (χ1n) is 6.82. The zero-order valence-corrected chi connectivity index (χ0v) is 13.0. The van der Waals surface area contributed by atoms with E-state index in [9.17, 15) is 13.6 Å². The maximum absolute atomic E-state index is 13.1. The average Bonchev–Trinajstić information content (AvgIpc) is 2.82. The first kappa shape index (κ1) is 15.4. The fraction of sp³-hybridized carbons (Fsp3) is 0.333. The van der Waals surface area contributed by atoms with Crippen molar-refractivity contribution in [2.75, 3.05) is 0 Å². The molecule has 0 saturated heterocycles. The number of alkyl halides is 2. The molecular formula is C15H12Cl2F2N2O. The van der Waals surface area contributed by atoms with Crippen molar-refractivity contribution in [3.63, 3.8) is 0 Å². The summed E-state index contributed by atoms with van der Waals surface area (Å²) >= 11 is 12.0. The molecule has 0 atom stereocenters. The van der Waals surface area contributed by atoms with E-state index in [0.717, 1.165) is 0 Å². The molecule has 3 nitrogen and oxygen atoms in total. The third-order valence-corrected chi connectivity index (χ3v) is 4.31. The molecule has 22 heavy (non-hydrogen) atoms. The standard InChI is InChI=1S/C15H12Cl2F2N2O/c16-9-5-4-8(11(17)6-9)7-21-14-10(2-1-3-12(14)22)13(20-21)15(18)19/h4-6,15H,1-3,7H2. The summed E-state index contributed by atoms with van der Waals surface area (Å²) in [5.74, 6) is -0.147. The number of nitrogens with zero attached hydrogens (tertiary/aromatic N) is 2. The number of halogens is 4. The number of hydrogen-bond acceptors (Lipinski definition) is 2. The summed E-state index contributed by atoms with van der Waals surface area (Å²) in [6, 6.07) is 4.94. The quantitative estimate of drug-likeness (QED) is 0.809. The van der Waals surface area contributed by atoms with Crippen LogP contribution in [0, 0.1) is 0 Å². The molecule has 1 aliphatic rings. The van der Waals surface area contributed by atoms with Crippen LogP contribution in [0.5, 0.6) is 0 Å². The molecule has 116 valence electrons. The van der Waals surface area contributed by atoms with E-state index in [-0.39, 0.29) is 23.7 Å². The van der Waals surface area contributed by atoms with Crippen LogP contribution >= 0.6 is 23.2 Å². The van der Waals surface area contributed by atoms with Crippen molar-refractivity contribution in [1.82, 2.24) is 9.78 Å². The summed E-state index contributed by atoms with van der Waals surface area (Å²) in [6.07, 6.45) is -1.30. The molecule has 0 amide bonds. The van der Waals surface area contributed by atoms with Gasteiger partial charge in [-0.1, -0.05) is 29.3 Å². The summed E-state index contributed by atoms with van der Waals surface area (Å²) in [5, 5.41) is 4.86. The number of aromatic nitrogens is 2. The van der Waals surface area contributed by atoms with Gasteiger partial charge in [0, 0.05) is 22.0 Å². The minimum absolute atomic E-state index is 0.147. The van der Waals surface area contributed by atoms with Crippen LogP contribution in [0.1, 0.15) is 46.6 Å². The van der Waals surface area contributed by atoms with Crippen LogP contribution in [0.25, 0.3) is 0 Å². The number of hydrogen-bond donors (Lipinski definition) is 0. The molecule has 0 radical (unpaired) electrons. The molecule has 1 heterocycles. The number of rotatable bonds is 3. The van der Waals surface area contributed by atoms with Gasteiger partial charge >= 0.3 is 0 Å². The first-order chi connectivity index (χ1) is 10.5. The van der Waals surface area contributed by atoms with Crippen molar-refractivity contribution in [2.24, 2.45) is 0 Å². The minimum Gasteiger partial charge on any atom is -0.292 e. The third-order valence-electron chi connectivity index (χ3n) is 3.72. The smallest absolute Gasteiger partial charge is 0.282 e. The monoisotopic (exact) mass is 344 g/mol. The fourth-order valence-corrected chi connectivity index (χ4v) is 3.19. The number of fused-ring (bicyclic) bond motifs is 1. The summed E-state index contributed by atoms with van der Waals surface area (Å²) in [5.41, 5.74) is 1.03. The number of ketones is 1. The Balaban J connectivity index is 2.05. The second-order valence-electron chi connectivity index (χ2n) is 5.18. The Bertz CT molecular complexity index is 743. The molecule has 1 aliphatic carbocycles. The average molecular weight is 345 g/mol. The molecule has 1 aromatic carbocycles. The van der Waals surface area contributed by atoms with Gasteiger partial charge < -0.3 is 0 Å². The second kappa shape index (κ2) is 5.97. The van der Waals surface area contributed by atoms with Gasteiger partial charge in [0.1, 0.15) is 11.4 Å². The third kappa shape index (κ3) is 2.75. The zero-order chi connectivity index (χ0) is 15.9. The van der Waals surface area contributed by atoms with Crippen molar-refractivity contribution in [1.29, 1.82) is 0 Å². The summed E-state index contributed by atoms with van der Waals surface area (Å²) in [6.45, 7) is 0.163. The van der Waals surface area contributed by atoms with Crippen LogP contribution in [0.2, 0.25) is 10.0 Å². The summed E-state index contributed by atoms with van der Waals surface area (Å²) in [7, 11) is 0. The molecule has 3 rings (SSSR count). The Labute approximate surface area is 135 Å². The molecular weight excluding hydrogens is 333 g/mol. The molecule has 0 spiro atoms. The molecule has 0 fully saturated rings. The van der Waals surface area contributed by atoms with E-state index in [1.54, 1.807) is 18.2 Å². The highest BCUT2D eigenvalue weighted by Crippen LogP contribution is 2.31. The molecule has 0 saturated carbocycles. The highest BCUT2D eigenvalue weighted by atomic mass is 35.5. The molecule has 0 N–H and O–H groups in total. The molecule has 7 heteroatoms. The highest BCUT2D eigenvalue weighted by molar-refractivity contribution is 6.35. The van der Waals surface area contributed by atoms with Gasteiger partial charge in [-0.3, -0.25) is 9.48 Å². The van der Waals surface area contributed by atoms with Gasteiger partial charge in [0.2, 0.25) is 0 Å². The Morgan fingerprint density at radius 3 is 2.73 bits per heavy atom. The maximum Gasteiger partial charge on any atom is 0.282 e. The van der Waals surface area contributed by atoms with Crippen LogP contribution in [0.3, 0.4) is 0 Å². The van der Waals surface area contributed by atoms with Gasteiger partial charge in [0.25, 0.3) is 6.43 Å². The van der Waals surface area contributed by atoms with Gasteiger partial charge in [0.05, 0.1) is 6.54 Å². The highest BCUT2D eigenvalue weighted by Gasteiger charge is 2.30. The van der Waals surface area contributed by atoms with Gasteiger partial charge in [-0.05, 0) is 30.5 Å². The van der Waals surface area contributed by atoms with Crippen LogP contribution in [0.4, 0.5) is 8.78 Å². The van der Waals surface area contributed by atoms with Crippen molar-refractivity contribution < 1.29 is 13.6 Å². The van der Waals surface area contributed by atoms with Gasteiger partial charge in [-0.25, -0.2) is 8.78 Å². The second-order valence-corrected chi connectivity index (χ2v) is 6.03. The fourth-order valence-electron chi connectivity index (χ4n) is 2.72. The Morgan fingerprint density at radius 2 is 2.05 bits per heavy atom. The Kier molecular flexibility index (Phi) is 4.19. The van der Waals surface area contributed by atoms with Crippen LogP contribution in [-0.2, 0) is 13.0 Å². The normalized spacial score (nSPS) is 14.5. The topological polar surface area (TPSA) is 34.9 Å². The lowest BCUT2D eigenvalue weighted by atomic mass is 9.94. The van der Waals surface area contributed by atoms with E-state index in [1.807, 2.05) is 0 Å². The number of carbonyl (C=O) groups excluding carboxylic acids is 1. The SMILES string of the molecule is O=C1CCCc2c(C(F)F)nn(Cc3ccc(Cl)cc3Cl)c21. The predicted octanol–water partition coefficient (Wildman–Crippen LogP) is 4.69. The Hall–Kier alpha value is -1.46. The first-order valence-corrected chi connectivity index (χ1v) is 7.58. The van der Waals surface area contributed by atoms with Gasteiger partial charge in [-0.15, -0.1) is 0 Å². The van der Waals surface area contributed by atoms with Crippen molar-refractivity contribution >= 4 is 29.0 Å². The van der Waals surface area contributed by atoms with Gasteiger partial charge in [-0.2, -0.15) is 5.10 Å². The minimum atomic E-state index is -2.69. The molecule has 0 bridgehead atoms. The maximum atomic E-state index is 13.1. The van der Waals surface area contributed by atoms with Crippen LogP contribution in [0.15, 0.2) is 18.2 Å². The van der Waals surface area contributed by atoms with E-state index >= 15 is 0 Å². The summed E-state index contributed by atoms with van der Waals surface area (Å²) in [4.78, 5) is 12.1. The zero-order valence-electron chi connectivity index (χ0n) is 11.5. The van der Waals surface area contributed by atoms with E-state index in [2.05, 4.69) is 5.10 Å². The summed E-state index contributed by atoms with van der Waals surface area (Å²) < 4.78 is 27.6. The van der Waals surface area contributed by atoms with Gasteiger partial charge in [0.15, 0.2) is 5.78 Å². The molecule has 1 aromatic heterocycles. The van der Waals surface area contributed by atoms with Crippen molar-refractivity contribution in [2.45, 2.75) is 32.2 Å². The van der Waals surface area contributed by atoms with Crippen LogP contribution in [-0.4, -0.2) is 15.6 Å². The number of Topliss-reactive ketones (excluding diaryl/α,β-unsaturated/α-hetero) is 1. The van der Waals surface area contributed by atoms with E-state index in [4.69, 9.17) is 23.2 Å². The lowest BCUT2D eigenvalue weighted by Crippen LogP contribution is -2.16. The lowest BCUT2D eigenvalue weighted by molar-refractivity contribution is 0.0962.